The molecule has 1 fully saturated rings. The molecule has 62 heavy (non-hydrogen) atoms. The number of hydrogen-bond donors (Lipinski definition) is 15. The minimum atomic E-state index is -5.33. The van der Waals surface area contributed by atoms with Crippen molar-refractivity contribution in [3.8, 4) is 0 Å². The largest absolute Gasteiger partial charge is 0.481 e. The average Bonchev–Trinajstić information content (AvgIpc) is 3.46. The van der Waals surface area contributed by atoms with Crippen molar-refractivity contribution in [1.29, 1.82) is 0 Å². The number of carboxylic acid groups (broad SMARTS) is 3. The highest BCUT2D eigenvalue weighted by Gasteiger charge is 2.45. The predicted octanol–water partition coefficient (Wildman–Crippen LogP) is -2.66. The van der Waals surface area contributed by atoms with Gasteiger partial charge in [0, 0.05) is 37.0 Å². The minimum absolute atomic E-state index is 0.0141. The molecule has 0 radical (unpaired) electrons. The van der Waals surface area contributed by atoms with Crippen molar-refractivity contribution in [2.45, 2.75) is 119 Å². The molecule has 27 heteroatoms. The fourth-order valence-electron chi connectivity index (χ4n) is 6.51. The highest BCUT2D eigenvalue weighted by Crippen LogP contribution is 2.46. The molecule has 0 bridgehead atoms. The van der Waals surface area contributed by atoms with E-state index in [1.54, 1.807) is 24.3 Å². The Morgan fingerprint density at radius 3 is 2.26 bits per heavy atom. The summed E-state index contributed by atoms with van der Waals surface area (Å²) in [6.45, 7) is 2.09. The number of carboxylic acids is 3. The molecule has 13 atom stereocenters. The number of amides is 1. The number of carbonyl (C=O) groups excluding carboxylic acids is 1. The summed E-state index contributed by atoms with van der Waals surface area (Å²) in [7, 11) is -5.33. The molecule has 0 spiro atoms. The monoisotopic (exact) mass is 905 g/mol. The number of phosphoric acid groups is 1. The van der Waals surface area contributed by atoms with E-state index in [4.69, 9.17) is 34.5 Å². The SMILES string of the molecule is CC(Nc1ccc(CC(O)C(O)C(O)COC2OC(COP(=O)(O)OC(CCC(=O)O)C(=O)NC(CCC(=O)O)C(=O)O)C(O)C2O)cc1)C1Nc2c(nc(N)[nH]c2=O)NC1C. The van der Waals surface area contributed by atoms with Crippen LogP contribution in [0.5, 0.6) is 0 Å². The standard InChI is InChI=1S/C35H52N7O19P/c1-14(25-15(2)38-30-26(40-25)32(53)42-35(36)41-30)37-17-5-3-16(4-6-17)11-19(43)27(49)20(44)12-58-34-29(51)28(50)22(60-34)13-59-62(56,57)61-21(8-10-24(47)48)31(52)39-18(33(54)55)7-9-23(45)46/h3-6,14-15,18-22,25,27-29,34,37,40,43-44,49-51H,7-13H2,1-2H3,(H,39,52)(H,45,46)(H,47,48)(H,54,55)(H,56,57)(H4,36,38,41,42,53). The number of fused-ring (bicyclic) bond motifs is 1. The van der Waals surface area contributed by atoms with Crippen molar-refractivity contribution < 1.29 is 88.0 Å². The topological polar surface area (TPSA) is 424 Å². The van der Waals surface area contributed by atoms with E-state index >= 15 is 0 Å². The molecular weight excluding hydrogens is 853 g/mol. The number of ether oxygens (including phenoxy) is 2. The number of aliphatic hydroxyl groups is 5. The maximum atomic E-state index is 12.8. The lowest BCUT2D eigenvalue weighted by molar-refractivity contribution is -0.192. The van der Waals surface area contributed by atoms with Gasteiger partial charge in [0.25, 0.3) is 11.5 Å². The van der Waals surface area contributed by atoms with Crippen LogP contribution in [0.1, 0.15) is 45.1 Å². The van der Waals surface area contributed by atoms with Crippen LogP contribution in [0, 0.1) is 0 Å². The Bertz CT molecular complexity index is 1980. The summed E-state index contributed by atoms with van der Waals surface area (Å²) in [5.41, 5.74) is 6.77. The second-order valence-corrected chi connectivity index (χ2v) is 16.1. The van der Waals surface area contributed by atoms with Gasteiger partial charge in [0.15, 0.2) is 12.1 Å². The number of benzene rings is 1. The lowest BCUT2D eigenvalue weighted by atomic mass is 9.98. The van der Waals surface area contributed by atoms with Crippen molar-refractivity contribution in [3.05, 3.63) is 40.2 Å². The number of aromatic amines is 1. The van der Waals surface area contributed by atoms with E-state index in [-0.39, 0.29) is 36.2 Å². The molecule has 4 rings (SSSR count). The molecule has 0 saturated carbocycles. The molecule has 0 aliphatic carbocycles. The van der Waals surface area contributed by atoms with Crippen LogP contribution in [0.2, 0.25) is 0 Å². The number of nitrogens with one attached hydrogen (secondary N) is 5. The number of H-pyrrole nitrogens is 1. The number of aliphatic hydroxyl groups excluding tert-OH is 5. The van der Waals surface area contributed by atoms with E-state index < -0.39 is 131 Å². The molecule has 26 nitrogen and oxygen atoms in total. The van der Waals surface area contributed by atoms with E-state index in [2.05, 4.69) is 25.9 Å². The van der Waals surface area contributed by atoms with Gasteiger partial charge in [0.2, 0.25) is 5.95 Å². The highest BCUT2D eigenvalue weighted by atomic mass is 31.2. The third-order valence-corrected chi connectivity index (χ3v) is 10.9. The summed E-state index contributed by atoms with van der Waals surface area (Å²) in [6.07, 6.45) is -17.0. The zero-order valence-corrected chi connectivity index (χ0v) is 34.2. The predicted molar refractivity (Wildman–Crippen MR) is 212 cm³/mol. The zero-order chi connectivity index (χ0) is 46.1. The Labute approximate surface area is 352 Å². The van der Waals surface area contributed by atoms with E-state index in [0.29, 0.717) is 17.1 Å². The van der Waals surface area contributed by atoms with E-state index in [1.165, 1.54) is 0 Å². The number of aliphatic carboxylic acids is 3. The molecule has 3 heterocycles. The van der Waals surface area contributed by atoms with Crippen molar-refractivity contribution in [3.63, 3.8) is 0 Å². The molecule has 2 aliphatic rings. The lowest BCUT2D eigenvalue weighted by Crippen LogP contribution is -2.51. The minimum Gasteiger partial charge on any atom is -0.481 e. The van der Waals surface area contributed by atoms with Crippen LogP contribution in [0.15, 0.2) is 29.1 Å². The van der Waals surface area contributed by atoms with Crippen LogP contribution in [0.25, 0.3) is 0 Å². The van der Waals surface area contributed by atoms with Crippen molar-refractivity contribution >= 4 is 54.8 Å². The first-order valence-electron chi connectivity index (χ1n) is 19.1. The Morgan fingerprint density at radius 2 is 1.63 bits per heavy atom. The maximum Gasteiger partial charge on any atom is 0.473 e. The van der Waals surface area contributed by atoms with Crippen LogP contribution in [-0.4, -0.2) is 166 Å². The number of anilines is 4. The number of aromatic nitrogens is 2. The summed E-state index contributed by atoms with van der Waals surface area (Å²) in [6, 6.07) is 4.46. The fraction of sp³-hybridized carbons (Fsp3) is 0.600. The first-order valence-corrected chi connectivity index (χ1v) is 20.6. The highest BCUT2D eigenvalue weighted by molar-refractivity contribution is 7.47. The van der Waals surface area contributed by atoms with Gasteiger partial charge in [-0.25, -0.2) is 9.36 Å². The van der Waals surface area contributed by atoms with Gasteiger partial charge in [-0.3, -0.25) is 33.2 Å². The summed E-state index contributed by atoms with van der Waals surface area (Å²) < 4.78 is 33.0. The number of phosphoric ester groups is 1. The Balaban J connectivity index is 1.24. The van der Waals surface area contributed by atoms with Gasteiger partial charge in [-0.05, 0) is 44.4 Å². The van der Waals surface area contributed by atoms with Gasteiger partial charge in [-0.1, -0.05) is 12.1 Å². The van der Waals surface area contributed by atoms with Crippen LogP contribution in [0.3, 0.4) is 0 Å². The number of nitrogen functional groups attached to an aromatic ring is 1. The molecule has 1 saturated heterocycles. The van der Waals surface area contributed by atoms with Crippen LogP contribution >= 0.6 is 7.82 Å². The normalized spacial score (nSPS) is 24.7. The molecular formula is C35H52N7O19P. The number of nitrogens with two attached hydrogens (primary N) is 1. The third-order valence-electron chi connectivity index (χ3n) is 9.86. The molecule has 2 aliphatic heterocycles. The molecule has 1 aromatic heterocycles. The quantitative estimate of drug-likeness (QED) is 0.0478. The summed E-state index contributed by atoms with van der Waals surface area (Å²) in [5, 5.41) is 91.6. The van der Waals surface area contributed by atoms with Crippen LogP contribution in [0.4, 0.5) is 23.1 Å². The van der Waals surface area contributed by atoms with Gasteiger partial charge in [0.05, 0.1) is 25.4 Å². The number of nitrogens with zero attached hydrogens (tertiary/aromatic N) is 1. The number of carbonyl (C=O) groups is 4. The van der Waals surface area contributed by atoms with Crippen molar-refractivity contribution in [2.24, 2.45) is 0 Å². The number of hydrogen-bond acceptors (Lipinski definition) is 20. The van der Waals surface area contributed by atoms with Gasteiger partial charge in [-0.2, -0.15) is 4.98 Å². The Hall–Kier alpha value is -4.99. The van der Waals surface area contributed by atoms with Gasteiger partial charge >= 0.3 is 25.7 Å². The average molecular weight is 906 g/mol. The lowest BCUT2D eigenvalue weighted by Gasteiger charge is -2.37. The summed E-state index contributed by atoms with van der Waals surface area (Å²) in [5.74, 6) is -5.53. The second kappa shape index (κ2) is 21.9. The fourth-order valence-corrected chi connectivity index (χ4v) is 7.43. The Morgan fingerprint density at radius 1 is 0.984 bits per heavy atom. The van der Waals surface area contributed by atoms with Crippen molar-refractivity contribution in [1.82, 2.24) is 15.3 Å². The summed E-state index contributed by atoms with van der Waals surface area (Å²) >= 11 is 0. The van der Waals surface area contributed by atoms with Crippen molar-refractivity contribution in [2.75, 3.05) is 34.9 Å². The zero-order valence-electron chi connectivity index (χ0n) is 33.3. The van der Waals surface area contributed by atoms with Gasteiger partial charge in [-0.15, -0.1) is 0 Å². The molecule has 1 amide bonds. The summed E-state index contributed by atoms with van der Waals surface area (Å²) in [4.78, 5) is 75.4. The van der Waals surface area contributed by atoms with Gasteiger partial charge < -0.3 is 82.2 Å². The van der Waals surface area contributed by atoms with E-state index in [1.807, 2.05) is 19.2 Å². The first kappa shape index (κ1) is 49.7. The second-order valence-electron chi connectivity index (χ2n) is 14.7. The Kier molecular flexibility index (Phi) is 17.5. The van der Waals surface area contributed by atoms with Crippen LogP contribution in [-0.2, 0) is 48.7 Å². The molecule has 2 aromatic rings. The van der Waals surface area contributed by atoms with Gasteiger partial charge in [0.1, 0.15) is 48.4 Å². The molecule has 16 N–H and O–H groups in total. The van der Waals surface area contributed by atoms with E-state index in [9.17, 15) is 64.1 Å². The molecule has 346 valence electrons. The molecule has 1 aromatic carbocycles. The maximum absolute atomic E-state index is 12.8. The first-order chi connectivity index (χ1) is 29.0. The molecule has 13 unspecified atom stereocenters. The van der Waals surface area contributed by atoms with E-state index in [0.717, 1.165) is 0 Å². The third kappa shape index (κ3) is 14.0. The smallest absolute Gasteiger partial charge is 0.473 e. The number of rotatable bonds is 24. The van der Waals surface area contributed by atoms with Crippen LogP contribution < -0.4 is 32.6 Å².